The van der Waals surface area contributed by atoms with Crippen LogP contribution in [-0.4, -0.2) is 18.2 Å². The Balaban J connectivity index is 1.37. The number of amidine groups is 1. The number of fused-ring (bicyclic) bond motifs is 1. The van der Waals surface area contributed by atoms with Crippen LogP contribution in [-0.2, 0) is 11.4 Å². The van der Waals surface area contributed by atoms with E-state index in [1.807, 2.05) is 42.5 Å². The molecule has 0 atom stereocenters. The summed E-state index contributed by atoms with van der Waals surface area (Å²) in [5.74, 6) is 0.944. The molecule has 0 aromatic heterocycles. The number of halogens is 2. The summed E-state index contributed by atoms with van der Waals surface area (Å²) < 4.78 is 12.5. The fourth-order valence-corrected chi connectivity index (χ4v) is 5.43. The van der Waals surface area contributed by atoms with Crippen molar-refractivity contribution in [3.8, 4) is 11.5 Å². The fourth-order valence-electron chi connectivity index (χ4n) is 3.83. The van der Waals surface area contributed by atoms with Gasteiger partial charge < -0.3 is 14.8 Å². The lowest BCUT2D eigenvalue weighted by molar-refractivity contribution is -0.115. The van der Waals surface area contributed by atoms with E-state index in [1.165, 1.54) is 11.8 Å². The van der Waals surface area contributed by atoms with Gasteiger partial charge in [-0.25, -0.2) is 4.99 Å². The highest BCUT2D eigenvalue weighted by Gasteiger charge is 2.24. The molecule has 4 aromatic carbocycles. The van der Waals surface area contributed by atoms with Crippen LogP contribution in [0, 0.1) is 0 Å². The summed E-state index contributed by atoms with van der Waals surface area (Å²) >= 11 is 10.9. The number of nitrogens with zero attached hydrogens (tertiary/aromatic N) is 1. The first-order valence-corrected chi connectivity index (χ1v) is 13.0. The van der Waals surface area contributed by atoms with E-state index in [0.717, 1.165) is 26.4 Å². The Bertz CT molecular complexity index is 1530. The number of amides is 1. The van der Waals surface area contributed by atoms with Crippen molar-refractivity contribution in [2.45, 2.75) is 6.61 Å². The highest BCUT2D eigenvalue weighted by Crippen LogP contribution is 2.39. The number of thioether (sulfide) groups is 1. The standard InChI is InChI=1S/C28H20BrClN2O3S/c1-34-24-13-17(14-25-27(33)32-28(36-25)31-21-10-5-9-20(30)15-21)12-23(29)26(24)35-16-19-8-4-7-18-6-2-3-11-22(18)19/h2-15H,16H2,1H3,(H,31,32,33)/b25-14+. The van der Waals surface area contributed by atoms with Gasteiger partial charge in [0.2, 0.25) is 0 Å². The second kappa shape index (κ2) is 10.8. The van der Waals surface area contributed by atoms with Gasteiger partial charge in [0, 0.05) is 5.02 Å². The van der Waals surface area contributed by atoms with E-state index in [-0.39, 0.29) is 5.91 Å². The molecule has 1 aliphatic rings. The van der Waals surface area contributed by atoms with Crippen molar-refractivity contribution in [3.05, 3.63) is 104 Å². The number of hydrogen-bond donors (Lipinski definition) is 1. The summed E-state index contributed by atoms with van der Waals surface area (Å²) in [7, 11) is 1.59. The van der Waals surface area contributed by atoms with Gasteiger partial charge in [-0.1, -0.05) is 60.1 Å². The van der Waals surface area contributed by atoms with Crippen LogP contribution in [0.1, 0.15) is 11.1 Å². The van der Waals surface area contributed by atoms with Gasteiger partial charge in [0.25, 0.3) is 5.91 Å². The third kappa shape index (κ3) is 5.43. The first kappa shape index (κ1) is 24.4. The molecule has 180 valence electrons. The largest absolute Gasteiger partial charge is 0.493 e. The molecule has 4 aromatic rings. The number of carbonyl (C=O) groups is 1. The Morgan fingerprint density at radius 1 is 1.06 bits per heavy atom. The second-order valence-corrected chi connectivity index (χ2v) is 10.2. The van der Waals surface area contributed by atoms with Crippen LogP contribution >= 0.6 is 39.3 Å². The summed E-state index contributed by atoms with van der Waals surface area (Å²) in [5.41, 5.74) is 2.54. The SMILES string of the molecule is COc1cc(/C=C2/SC(=Nc3cccc(Cl)c3)NC2=O)cc(Br)c1OCc1cccc2ccccc12. The van der Waals surface area contributed by atoms with Crippen molar-refractivity contribution in [2.24, 2.45) is 4.99 Å². The zero-order valence-electron chi connectivity index (χ0n) is 19.1. The average molecular weight is 580 g/mol. The van der Waals surface area contributed by atoms with E-state index in [4.69, 9.17) is 21.1 Å². The van der Waals surface area contributed by atoms with Crippen molar-refractivity contribution in [1.29, 1.82) is 0 Å². The Kier molecular flexibility index (Phi) is 7.32. The molecule has 0 saturated carbocycles. The zero-order chi connectivity index (χ0) is 25.1. The topological polar surface area (TPSA) is 59.9 Å². The van der Waals surface area contributed by atoms with Crippen LogP contribution in [0.3, 0.4) is 0 Å². The van der Waals surface area contributed by atoms with Crippen molar-refractivity contribution in [1.82, 2.24) is 5.32 Å². The monoisotopic (exact) mass is 578 g/mol. The molecule has 0 radical (unpaired) electrons. The molecule has 0 bridgehead atoms. The molecule has 1 N–H and O–H groups in total. The van der Waals surface area contributed by atoms with Gasteiger partial charge in [0.05, 0.1) is 22.2 Å². The van der Waals surface area contributed by atoms with Gasteiger partial charge in [-0.15, -0.1) is 0 Å². The van der Waals surface area contributed by atoms with Gasteiger partial charge in [0.1, 0.15) is 6.61 Å². The molecule has 1 heterocycles. The smallest absolute Gasteiger partial charge is 0.264 e. The Hall–Kier alpha value is -3.26. The highest BCUT2D eigenvalue weighted by atomic mass is 79.9. The van der Waals surface area contributed by atoms with Gasteiger partial charge in [-0.05, 0) is 86.0 Å². The summed E-state index contributed by atoms with van der Waals surface area (Å²) in [6.07, 6.45) is 1.79. The minimum atomic E-state index is -0.216. The summed E-state index contributed by atoms with van der Waals surface area (Å²) in [4.78, 5) is 17.5. The van der Waals surface area contributed by atoms with Crippen LogP contribution < -0.4 is 14.8 Å². The van der Waals surface area contributed by atoms with Crippen molar-refractivity contribution in [2.75, 3.05) is 7.11 Å². The number of hydrogen-bond acceptors (Lipinski definition) is 5. The number of rotatable bonds is 6. The van der Waals surface area contributed by atoms with E-state index < -0.39 is 0 Å². The predicted molar refractivity (Wildman–Crippen MR) is 151 cm³/mol. The summed E-state index contributed by atoms with van der Waals surface area (Å²) in [6.45, 7) is 0.387. The third-order valence-corrected chi connectivity index (χ3v) is 7.23. The first-order valence-electron chi connectivity index (χ1n) is 11.0. The number of ether oxygens (including phenoxy) is 2. The molecule has 1 aliphatic heterocycles. The zero-order valence-corrected chi connectivity index (χ0v) is 22.3. The third-order valence-electron chi connectivity index (χ3n) is 5.49. The number of aliphatic imine (C=N–C) groups is 1. The lowest BCUT2D eigenvalue weighted by atomic mass is 10.1. The molecule has 1 saturated heterocycles. The molecule has 1 fully saturated rings. The molecule has 1 amide bonds. The maximum absolute atomic E-state index is 12.5. The highest BCUT2D eigenvalue weighted by molar-refractivity contribution is 9.10. The van der Waals surface area contributed by atoms with Crippen LogP contribution in [0.2, 0.25) is 5.02 Å². The molecule has 5 rings (SSSR count). The minimum absolute atomic E-state index is 0.216. The quantitative estimate of drug-likeness (QED) is 0.237. The van der Waals surface area contributed by atoms with Gasteiger partial charge in [-0.2, -0.15) is 0 Å². The molecule has 0 aliphatic carbocycles. The molecule has 5 nitrogen and oxygen atoms in total. The Morgan fingerprint density at radius 3 is 2.69 bits per heavy atom. The first-order chi connectivity index (χ1) is 17.5. The van der Waals surface area contributed by atoms with Gasteiger partial charge in [-0.3, -0.25) is 4.79 Å². The second-order valence-electron chi connectivity index (χ2n) is 7.92. The maximum Gasteiger partial charge on any atom is 0.264 e. The van der Waals surface area contributed by atoms with E-state index in [9.17, 15) is 4.79 Å². The summed E-state index contributed by atoms with van der Waals surface area (Å²) in [5, 5.41) is 6.19. The molecular weight excluding hydrogens is 560 g/mol. The van der Waals surface area contributed by atoms with Crippen LogP contribution in [0.4, 0.5) is 5.69 Å². The molecular formula is C28H20BrClN2O3S. The van der Waals surface area contributed by atoms with Crippen molar-refractivity contribution >= 4 is 72.9 Å². The number of carbonyl (C=O) groups excluding carboxylic acids is 1. The van der Waals surface area contributed by atoms with Crippen LogP contribution in [0.25, 0.3) is 16.8 Å². The lowest BCUT2D eigenvalue weighted by Crippen LogP contribution is -2.19. The molecule has 0 unspecified atom stereocenters. The Morgan fingerprint density at radius 2 is 1.86 bits per heavy atom. The summed E-state index contributed by atoms with van der Waals surface area (Å²) in [6, 6.07) is 25.3. The molecule has 36 heavy (non-hydrogen) atoms. The van der Waals surface area contributed by atoms with E-state index in [0.29, 0.717) is 38.9 Å². The fraction of sp³-hybridized carbons (Fsp3) is 0.0714. The van der Waals surface area contributed by atoms with E-state index >= 15 is 0 Å². The minimum Gasteiger partial charge on any atom is -0.493 e. The number of nitrogens with one attached hydrogen (secondary N) is 1. The Labute approximate surface area is 226 Å². The van der Waals surface area contributed by atoms with Crippen molar-refractivity contribution in [3.63, 3.8) is 0 Å². The van der Waals surface area contributed by atoms with Gasteiger partial charge in [0.15, 0.2) is 16.7 Å². The van der Waals surface area contributed by atoms with E-state index in [1.54, 1.807) is 25.3 Å². The average Bonchev–Trinajstić information content (AvgIpc) is 3.21. The number of benzene rings is 4. The van der Waals surface area contributed by atoms with E-state index in [2.05, 4.69) is 50.5 Å². The molecule has 8 heteroatoms. The predicted octanol–water partition coefficient (Wildman–Crippen LogP) is 7.73. The molecule has 0 spiro atoms. The number of methoxy groups -OCH3 is 1. The lowest BCUT2D eigenvalue weighted by Gasteiger charge is -2.15. The normalized spacial score (nSPS) is 15.5. The van der Waals surface area contributed by atoms with Crippen molar-refractivity contribution < 1.29 is 14.3 Å². The maximum atomic E-state index is 12.5. The van der Waals surface area contributed by atoms with Gasteiger partial charge >= 0.3 is 0 Å². The van der Waals surface area contributed by atoms with Crippen LogP contribution in [0.5, 0.6) is 11.5 Å². The van der Waals surface area contributed by atoms with Crippen LogP contribution in [0.15, 0.2) is 93.2 Å².